The van der Waals surface area contributed by atoms with E-state index in [-0.39, 0.29) is 29.7 Å². The Balaban J connectivity index is 1.22. The molecule has 0 unspecified atom stereocenters. The Morgan fingerprint density at radius 2 is 1.97 bits per heavy atom. The molecular formula is C21H21F2N3O2S. The SMILES string of the molecule is Fc1ccc2nc(NC3CC(Oc4nccc(F)c4C4CCOCC4)C3)sc2c1. The maximum atomic E-state index is 14.5. The molecule has 0 amide bonds. The molecule has 1 aliphatic carbocycles. The first-order valence-corrected chi connectivity index (χ1v) is 10.7. The third-order valence-corrected chi connectivity index (χ3v) is 6.53. The molecular weight excluding hydrogens is 396 g/mol. The second kappa shape index (κ2) is 7.84. The summed E-state index contributed by atoms with van der Waals surface area (Å²) < 4.78 is 40.1. The Labute approximate surface area is 171 Å². The average molecular weight is 417 g/mol. The van der Waals surface area contributed by atoms with Gasteiger partial charge in [0.2, 0.25) is 5.88 Å². The van der Waals surface area contributed by atoms with Gasteiger partial charge in [0.25, 0.3) is 0 Å². The minimum Gasteiger partial charge on any atom is -0.474 e. The van der Waals surface area contributed by atoms with Gasteiger partial charge in [-0.1, -0.05) is 11.3 Å². The van der Waals surface area contributed by atoms with Crippen LogP contribution in [0.5, 0.6) is 5.88 Å². The molecule has 1 aliphatic heterocycles. The number of thiazole rings is 1. The second-order valence-corrected chi connectivity index (χ2v) is 8.61. The number of nitrogens with zero attached hydrogens (tertiary/aromatic N) is 2. The van der Waals surface area contributed by atoms with Gasteiger partial charge in [-0.25, -0.2) is 18.7 Å². The van der Waals surface area contributed by atoms with Gasteiger partial charge in [0.15, 0.2) is 5.13 Å². The van der Waals surface area contributed by atoms with Crippen molar-refractivity contribution in [2.45, 2.75) is 43.7 Å². The van der Waals surface area contributed by atoms with Crippen molar-refractivity contribution < 1.29 is 18.3 Å². The van der Waals surface area contributed by atoms with Crippen LogP contribution in [0.15, 0.2) is 30.5 Å². The Kier molecular flexibility index (Phi) is 5.05. The van der Waals surface area contributed by atoms with Crippen LogP contribution < -0.4 is 10.1 Å². The number of ether oxygens (including phenoxy) is 2. The minimum atomic E-state index is -0.257. The summed E-state index contributed by atoms with van der Waals surface area (Å²) in [5.74, 6) is -0.00857. The highest BCUT2D eigenvalue weighted by molar-refractivity contribution is 7.22. The van der Waals surface area contributed by atoms with Crippen LogP contribution in [0.1, 0.15) is 37.2 Å². The second-order valence-electron chi connectivity index (χ2n) is 7.58. The van der Waals surface area contributed by atoms with Crippen molar-refractivity contribution in [1.82, 2.24) is 9.97 Å². The first kappa shape index (κ1) is 18.7. The fourth-order valence-electron chi connectivity index (χ4n) is 3.95. The maximum Gasteiger partial charge on any atom is 0.220 e. The summed E-state index contributed by atoms with van der Waals surface area (Å²) in [6.45, 7) is 1.28. The van der Waals surface area contributed by atoms with E-state index in [2.05, 4.69) is 15.3 Å². The van der Waals surface area contributed by atoms with Gasteiger partial charge >= 0.3 is 0 Å². The monoisotopic (exact) mass is 417 g/mol. The molecule has 3 heterocycles. The Morgan fingerprint density at radius 3 is 2.79 bits per heavy atom. The lowest BCUT2D eigenvalue weighted by molar-refractivity contribution is 0.0782. The number of aromatic nitrogens is 2. The molecule has 0 spiro atoms. The first-order chi connectivity index (χ1) is 14.2. The summed E-state index contributed by atoms with van der Waals surface area (Å²) in [6.07, 6.45) is 4.60. The molecule has 2 aromatic heterocycles. The van der Waals surface area contributed by atoms with E-state index >= 15 is 0 Å². The Hall–Kier alpha value is -2.32. The van der Waals surface area contributed by atoms with Crippen LogP contribution in [0.3, 0.4) is 0 Å². The molecule has 0 radical (unpaired) electrons. The predicted octanol–water partition coefficient (Wildman–Crippen LogP) is 4.89. The molecule has 2 aliphatic rings. The number of fused-ring (bicyclic) bond motifs is 1. The molecule has 152 valence electrons. The normalized spacial score (nSPS) is 22.4. The van der Waals surface area contributed by atoms with E-state index in [1.54, 1.807) is 6.07 Å². The van der Waals surface area contributed by atoms with Crippen LogP contribution in [0.25, 0.3) is 10.2 Å². The highest BCUT2D eigenvalue weighted by Gasteiger charge is 2.34. The summed E-state index contributed by atoms with van der Waals surface area (Å²) in [4.78, 5) is 8.81. The standard InChI is InChI=1S/C21H21F2N3O2S/c22-13-1-2-17-18(9-13)29-21(26-17)25-14-10-15(11-14)28-20-19(16(23)3-6-24-20)12-4-7-27-8-5-12/h1-3,6,9,12,14-15H,4-5,7-8,10-11H2,(H,25,26). The van der Waals surface area contributed by atoms with Gasteiger partial charge in [0.05, 0.1) is 15.8 Å². The number of hydrogen-bond acceptors (Lipinski definition) is 6. The van der Waals surface area contributed by atoms with E-state index in [0.717, 1.165) is 41.0 Å². The molecule has 29 heavy (non-hydrogen) atoms. The van der Waals surface area contributed by atoms with Gasteiger partial charge in [-0.15, -0.1) is 0 Å². The zero-order chi connectivity index (χ0) is 19.8. The molecule has 2 fully saturated rings. The van der Waals surface area contributed by atoms with Crippen molar-refractivity contribution in [3.05, 3.63) is 47.7 Å². The molecule has 5 rings (SSSR count). The number of anilines is 1. The number of hydrogen-bond donors (Lipinski definition) is 1. The van der Waals surface area contributed by atoms with Crippen molar-refractivity contribution in [3.8, 4) is 5.88 Å². The Morgan fingerprint density at radius 1 is 1.14 bits per heavy atom. The number of benzene rings is 1. The highest BCUT2D eigenvalue weighted by Crippen LogP contribution is 2.37. The molecule has 8 heteroatoms. The summed E-state index contributed by atoms with van der Waals surface area (Å²) in [7, 11) is 0. The van der Waals surface area contributed by atoms with E-state index in [1.807, 2.05) is 0 Å². The minimum absolute atomic E-state index is 0.00721. The predicted molar refractivity (Wildman–Crippen MR) is 108 cm³/mol. The molecule has 1 aromatic carbocycles. The quantitative estimate of drug-likeness (QED) is 0.641. The van der Waals surface area contributed by atoms with Gasteiger partial charge in [-0.2, -0.15) is 0 Å². The van der Waals surface area contributed by atoms with E-state index < -0.39 is 0 Å². The smallest absolute Gasteiger partial charge is 0.220 e. The van der Waals surface area contributed by atoms with E-state index in [1.165, 1.54) is 35.7 Å². The van der Waals surface area contributed by atoms with E-state index in [9.17, 15) is 8.78 Å². The number of rotatable bonds is 5. The Bertz CT molecular complexity index is 1020. The van der Waals surface area contributed by atoms with E-state index in [4.69, 9.17) is 9.47 Å². The van der Waals surface area contributed by atoms with Gasteiger partial charge in [0.1, 0.15) is 17.7 Å². The fraction of sp³-hybridized carbons (Fsp3) is 0.429. The summed E-state index contributed by atoms with van der Waals surface area (Å²) >= 11 is 1.44. The summed E-state index contributed by atoms with van der Waals surface area (Å²) in [5.41, 5.74) is 1.37. The van der Waals surface area contributed by atoms with Crippen LogP contribution in [-0.2, 0) is 4.74 Å². The zero-order valence-electron chi connectivity index (χ0n) is 15.7. The molecule has 0 atom stereocenters. The maximum absolute atomic E-state index is 14.5. The van der Waals surface area contributed by atoms with Crippen LogP contribution in [0.2, 0.25) is 0 Å². The molecule has 5 nitrogen and oxygen atoms in total. The summed E-state index contributed by atoms with van der Waals surface area (Å²) in [6, 6.07) is 6.23. The van der Waals surface area contributed by atoms with Crippen LogP contribution >= 0.6 is 11.3 Å². The third-order valence-electron chi connectivity index (χ3n) is 5.58. The zero-order valence-corrected chi connectivity index (χ0v) is 16.6. The van der Waals surface area contributed by atoms with Gasteiger partial charge in [0, 0.05) is 38.3 Å². The first-order valence-electron chi connectivity index (χ1n) is 9.87. The molecule has 1 saturated heterocycles. The highest BCUT2D eigenvalue weighted by atomic mass is 32.1. The third kappa shape index (κ3) is 3.91. The largest absolute Gasteiger partial charge is 0.474 e. The van der Waals surface area contributed by atoms with Gasteiger partial charge in [-0.3, -0.25) is 0 Å². The van der Waals surface area contributed by atoms with Crippen LogP contribution in [-0.4, -0.2) is 35.3 Å². The molecule has 1 N–H and O–H groups in total. The van der Waals surface area contributed by atoms with Gasteiger partial charge < -0.3 is 14.8 Å². The van der Waals surface area contributed by atoms with Crippen molar-refractivity contribution in [1.29, 1.82) is 0 Å². The van der Waals surface area contributed by atoms with Crippen molar-refractivity contribution in [2.75, 3.05) is 18.5 Å². The van der Waals surface area contributed by atoms with Crippen LogP contribution in [0, 0.1) is 11.6 Å². The molecule has 3 aromatic rings. The number of nitrogens with one attached hydrogen (secondary N) is 1. The van der Waals surface area contributed by atoms with E-state index in [0.29, 0.717) is 24.7 Å². The lowest BCUT2D eigenvalue weighted by atomic mass is 9.89. The lowest BCUT2D eigenvalue weighted by Crippen LogP contribution is -2.42. The van der Waals surface area contributed by atoms with Crippen molar-refractivity contribution >= 4 is 26.7 Å². The molecule has 1 saturated carbocycles. The topological polar surface area (TPSA) is 56.3 Å². The average Bonchev–Trinajstić information content (AvgIpc) is 3.08. The molecule has 0 bridgehead atoms. The van der Waals surface area contributed by atoms with Crippen molar-refractivity contribution in [2.24, 2.45) is 0 Å². The number of pyridine rings is 1. The van der Waals surface area contributed by atoms with Crippen LogP contribution in [0.4, 0.5) is 13.9 Å². The summed E-state index contributed by atoms with van der Waals surface area (Å²) in [5, 5.41) is 4.16. The van der Waals surface area contributed by atoms with Gasteiger partial charge in [-0.05, 0) is 43.0 Å². The van der Waals surface area contributed by atoms with Crippen molar-refractivity contribution in [3.63, 3.8) is 0 Å². The fourth-order valence-corrected chi connectivity index (χ4v) is 4.92. The number of halogens is 2. The lowest BCUT2D eigenvalue weighted by Gasteiger charge is -2.36.